The number of amides is 1. The number of benzene rings is 2. The van der Waals surface area contributed by atoms with Crippen molar-refractivity contribution in [3.8, 4) is 11.5 Å². The molecule has 2 aromatic carbocycles. The Labute approximate surface area is 154 Å². The molecule has 0 unspecified atom stereocenters. The van der Waals surface area contributed by atoms with E-state index in [2.05, 4.69) is 20.8 Å². The van der Waals surface area contributed by atoms with Gasteiger partial charge in [0.25, 0.3) is 5.91 Å². The van der Waals surface area contributed by atoms with Gasteiger partial charge in [0, 0.05) is 17.4 Å². The number of nitrogens with zero attached hydrogens (tertiary/aromatic N) is 2. The van der Waals surface area contributed by atoms with Crippen molar-refractivity contribution in [3.05, 3.63) is 66.1 Å². The summed E-state index contributed by atoms with van der Waals surface area (Å²) in [6.45, 7) is 0.977. The maximum Gasteiger partial charge on any atom is 0.276 e. The molecule has 0 saturated heterocycles. The first-order chi connectivity index (χ1) is 13.2. The molecule has 1 aromatic heterocycles. The molecule has 0 aliphatic carbocycles. The minimum Gasteiger partial charge on any atom is -0.486 e. The lowest BCUT2D eigenvalue weighted by Crippen LogP contribution is -2.17. The van der Waals surface area contributed by atoms with Crippen LogP contribution in [-0.2, 0) is 0 Å². The van der Waals surface area contributed by atoms with Crippen LogP contribution in [-0.4, -0.2) is 29.3 Å². The number of hydrogen-bond acceptors (Lipinski definition) is 6. The summed E-state index contributed by atoms with van der Waals surface area (Å²) in [4.78, 5) is 12.3. The lowest BCUT2D eigenvalue weighted by Gasteiger charge is -2.18. The van der Waals surface area contributed by atoms with Crippen molar-refractivity contribution in [1.82, 2.24) is 10.2 Å². The van der Waals surface area contributed by atoms with E-state index in [0.717, 1.165) is 0 Å². The molecule has 27 heavy (non-hydrogen) atoms. The summed E-state index contributed by atoms with van der Waals surface area (Å²) < 4.78 is 23.9. The molecule has 3 aromatic rings. The molecule has 1 amide bonds. The highest BCUT2D eigenvalue weighted by molar-refractivity contribution is 6.03. The number of anilines is 3. The zero-order valence-corrected chi connectivity index (χ0v) is 14.1. The van der Waals surface area contributed by atoms with E-state index in [1.807, 2.05) is 0 Å². The Balaban J connectivity index is 1.42. The van der Waals surface area contributed by atoms with E-state index in [-0.39, 0.29) is 11.5 Å². The molecule has 2 heterocycles. The highest BCUT2D eigenvalue weighted by atomic mass is 19.1. The van der Waals surface area contributed by atoms with Crippen LogP contribution in [0.15, 0.2) is 54.6 Å². The van der Waals surface area contributed by atoms with Gasteiger partial charge in [-0.3, -0.25) is 4.79 Å². The number of nitrogens with one attached hydrogen (secondary N) is 2. The Bertz CT molecular complexity index is 962. The first-order valence-electron chi connectivity index (χ1n) is 8.25. The van der Waals surface area contributed by atoms with Gasteiger partial charge in [-0.15, -0.1) is 10.2 Å². The van der Waals surface area contributed by atoms with E-state index >= 15 is 0 Å². The van der Waals surface area contributed by atoms with Crippen molar-refractivity contribution in [1.29, 1.82) is 0 Å². The van der Waals surface area contributed by atoms with E-state index in [9.17, 15) is 9.18 Å². The number of rotatable bonds is 4. The van der Waals surface area contributed by atoms with E-state index in [1.165, 1.54) is 12.1 Å². The number of ether oxygens (including phenoxy) is 2. The lowest BCUT2D eigenvalue weighted by molar-refractivity contribution is 0.102. The Kier molecular flexibility index (Phi) is 4.52. The summed E-state index contributed by atoms with van der Waals surface area (Å²) in [5.41, 5.74) is 1.40. The van der Waals surface area contributed by atoms with E-state index in [1.54, 1.807) is 42.5 Å². The Morgan fingerprint density at radius 2 is 1.63 bits per heavy atom. The quantitative estimate of drug-likeness (QED) is 0.736. The number of carbonyl (C=O) groups is 1. The summed E-state index contributed by atoms with van der Waals surface area (Å²) in [5.74, 6) is 0.960. The normalized spacial score (nSPS) is 12.3. The zero-order valence-electron chi connectivity index (χ0n) is 14.1. The van der Waals surface area contributed by atoms with Crippen LogP contribution in [0.25, 0.3) is 0 Å². The highest BCUT2D eigenvalue weighted by Crippen LogP contribution is 2.32. The second-order valence-electron chi connectivity index (χ2n) is 5.75. The number of halogens is 1. The molecule has 136 valence electrons. The molecule has 0 spiro atoms. The van der Waals surface area contributed by atoms with Crippen molar-refractivity contribution in [3.63, 3.8) is 0 Å². The first kappa shape index (κ1) is 16.8. The predicted octanol–water partition coefficient (Wildman–Crippen LogP) is 3.38. The van der Waals surface area contributed by atoms with Gasteiger partial charge in [0.05, 0.1) is 0 Å². The summed E-state index contributed by atoms with van der Waals surface area (Å²) >= 11 is 0. The van der Waals surface area contributed by atoms with Crippen LogP contribution < -0.4 is 20.1 Å². The monoisotopic (exact) mass is 366 g/mol. The van der Waals surface area contributed by atoms with E-state index in [4.69, 9.17) is 9.47 Å². The average Bonchev–Trinajstić information content (AvgIpc) is 2.70. The fourth-order valence-corrected chi connectivity index (χ4v) is 2.52. The van der Waals surface area contributed by atoms with Crippen molar-refractivity contribution in [2.75, 3.05) is 23.8 Å². The molecule has 4 rings (SSSR count). The topological polar surface area (TPSA) is 85.4 Å². The third kappa shape index (κ3) is 3.95. The van der Waals surface area contributed by atoms with Crippen LogP contribution in [0, 0.1) is 5.82 Å². The highest BCUT2D eigenvalue weighted by Gasteiger charge is 2.14. The Morgan fingerprint density at radius 3 is 2.37 bits per heavy atom. The summed E-state index contributed by atoms with van der Waals surface area (Å²) in [7, 11) is 0. The Morgan fingerprint density at radius 1 is 0.889 bits per heavy atom. The van der Waals surface area contributed by atoms with E-state index in [0.29, 0.717) is 41.9 Å². The third-order valence-electron chi connectivity index (χ3n) is 3.81. The summed E-state index contributed by atoms with van der Waals surface area (Å²) in [6, 6.07) is 14.2. The maximum absolute atomic E-state index is 12.9. The average molecular weight is 366 g/mol. The van der Waals surface area contributed by atoms with Gasteiger partial charge in [0.15, 0.2) is 23.0 Å². The van der Waals surface area contributed by atoms with Crippen LogP contribution in [0.4, 0.5) is 21.6 Å². The van der Waals surface area contributed by atoms with Crippen molar-refractivity contribution >= 4 is 23.1 Å². The molecule has 0 radical (unpaired) electrons. The van der Waals surface area contributed by atoms with E-state index < -0.39 is 5.91 Å². The molecule has 8 heteroatoms. The summed E-state index contributed by atoms with van der Waals surface area (Å²) in [5, 5.41) is 13.6. The smallest absolute Gasteiger partial charge is 0.276 e. The lowest BCUT2D eigenvalue weighted by atomic mass is 10.2. The van der Waals surface area contributed by atoms with Crippen LogP contribution in [0.1, 0.15) is 10.5 Å². The molecule has 7 nitrogen and oxygen atoms in total. The first-order valence-corrected chi connectivity index (χ1v) is 8.25. The maximum atomic E-state index is 12.9. The second-order valence-corrected chi connectivity index (χ2v) is 5.75. The summed E-state index contributed by atoms with van der Waals surface area (Å²) in [6.07, 6.45) is 0. The van der Waals surface area contributed by atoms with Crippen molar-refractivity contribution in [2.24, 2.45) is 0 Å². The predicted molar refractivity (Wildman–Crippen MR) is 97.1 cm³/mol. The van der Waals surface area contributed by atoms with Crippen molar-refractivity contribution in [2.45, 2.75) is 0 Å². The van der Waals surface area contributed by atoms with Crippen LogP contribution in [0.3, 0.4) is 0 Å². The number of carbonyl (C=O) groups excluding carboxylic acids is 1. The second kappa shape index (κ2) is 7.28. The molecular weight excluding hydrogens is 351 g/mol. The van der Waals surface area contributed by atoms with Crippen LogP contribution in [0.2, 0.25) is 0 Å². The number of fused-ring (bicyclic) bond motifs is 1. The molecule has 0 saturated carbocycles. The molecule has 0 fully saturated rings. The fourth-order valence-electron chi connectivity index (χ4n) is 2.52. The van der Waals surface area contributed by atoms with Gasteiger partial charge < -0.3 is 20.1 Å². The molecular formula is C19H15FN4O3. The van der Waals surface area contributed by atoms with Gasteiger partial charge >= 0.3 is 0 Å². The van der Waals surface area contributed by atoms with Crippen LogP contribution in [0.5, 0.6) is 11.5 Å². The molecule has 0 bridgehead atoms. The molecule has 2 N–H and O–H groups in total. The largest absolute Gasteiger partial charge is 0.486 e. The Hall–Kier alpha value is -3.68. The van der Waals surface area contributed by atoms with Gasteiger partial charge in [-0.25, -0.2) is 4.39 Å². The molecule has 1 aliphatic heterocycles. The fraction of sp³-hybridized carbons (Fsp3) is 0.105. The minimum atomic E-state index is -0.396. The molecule has 0 atom stereocenters. The number of aromatic nitrogens is 2. The number of hydrogen-bond donors (Lipinski definition) is 2. The van der Waals surface area contributed by atoms with Gasteiger partial charge in [-0.05, 0) is 48.5 Å². The van der Waals surface area contributed by atoms with Crippen molar-refractivity contribution < 1.29 is 18.7 Å². The van der Waals surface area contributed by atoms with Gasteiger partial charge in [-0.1, -0.05) is 0 Å². The van der Waals surface area contributed by atoms with Gasteiger partial charge in [-0.2, -0.15) is 0 Å². The zero-order chi connectivity index (χ0) is 18.6. The SMILES string of the molecule is O=C(Nc1ccc2c(c1)OCCO2)c1ccc(Nc2ccc(F)cc2)nn1. The standard InChI is InChI=1S/C19H15FN4O3/c20-12-1-3-13(4-2-12)21-18-8-6-15(23-24-18)19(25)22-14-5-7-16-17(11-14)27-10-9-26-16/h1-8,11H,9-10H2,(H,21,24)(H,22,25). The molecule has 1 aliphatic rings. The minimum absolute atomic E-state index is 0.162. The third-order valence-corrected chi connectivity index (χ3v) is 3.81. The van der Waals surface area contributed by atoms with Gasteiger partial charge in [0.1, 0.15) is 19.0 Å². The van der Waals surface area contributed by atoms with Gasteiger partial charge in [0.2, 0.25) is 0 Å². The van der Waals surface area contributed by atoms with Crippen LogP contribution >= 0.6 is 0 Å².